The molecule has 0 amide bonds. The van der Waals surface area contributed by atoms with E-state index in [4.69, 9.17) is 0 Å². The molecular formula is C16H26IN7O. The summed E-state index contributed by atoms with van der Waals surface area (Å²) < 4.78 is 2.02. The van der Waals surface area contributed by atoms with E-state index < -0.39 is 6.10 Å². The van der Waals surface area contributed by atoms with Crippen LogP contribution in [0.5, 0.6) is 0 Å². The molecule has 2 rings (SSSR count). The van der Waals surface area contributed by atoms with Crippen molar-refractivity contribution in [2.75, 3.05) is 19.6 Å². The fraction of sp³-hybridized carbons (Fsp3) is 0.500. The Labute approximate surface area is 165 Å². The average molecular weight is 459 g/mol. The molecule has 2 aromatic heterocycles. The standard InChI is InChI=1S/C16H25N7O.HI/c1-3-15-22-21-12-23(15)10-9-19-16(18-4-2)20-11-14(24)13-5-7-17-8-6-13;/h5-8,12,14,24H,3-4,9-11H2,1-2H3,(H2,18,19,20);1H. The quantitative estimate of drug-likeness (QED) is 0.311. The Kier molecular flexibility index (Phi) is 10.0. The van der Waals surface area contributed by atoms with Crippen LogP contribution in [0.1, 0.15) is 31.3 Å². The first-order chi connectivity index (χ1) is 11.7. The third-order valence-electron chi connectivity index (χ3n) is 3.51. The number of aliphatic imine (C=N–C) groups is 1. The topological polar surface area (TPSA) is 100 Å². The molecule has 0 aliphatic carbocycles. The molecule has 0 radical (unpaired) electrons. The molecule has 0 saturated heterocycles. The van der Waals surface area contributed by atoms with Crippen molar-refractivity contribution in [3.05, 3.63) is 42.2 Å². The first kappa shape index (κ1) is 21.3. The molecule has 8 nitrogen and oxygen atoms in total. The van der Waals surface area contributed by atoms with Crippen LogP contribution >= 0.6 is 24.0 Å². The Morgan fingerprint density at radius 1 is 1.28 bits per heavy atom. The molecule has 9 heteroatoms. The minimum Gasteiger partial charge on any atom is -0.386 e. The summed E-state index contributed by atoms with van der Waals surface area (Å²) >= 11 is 0. The molecule has 0 fully saturated rings. The SMILES string of the molecule is CCNC(=NCC(O)c1ccncc1)NCCn1cnnc1CC.I. The Bertz CT molecular complexity index is 632. The summed E-state index contributed by atoms with van der Waals surface area (Å²) in [6, 6.07) is 3.58. The van der Waals surface area contributed by atoms with E-state index in [2.05, 4.69) is 37.7 Å². The fourth-order valence-corrected chi connectivity index (χ4v) is 2.24. The molecule has 0 aliphatic rings. The van der Waals surface area contributed by atoms with Crippen molar-refractivity contribution in [1.82, 2.24) is 30.4 Å². The first-order valence-electron chi connectivity index (χ1n) is 8.21. The van der Waals surface area contributed by atoms with E-state index >= 15 is 0 Å². The van der Waals surface area contributed by atoms with Gasteiger partial charge in [0.25, 0.3) is 0 Å². The molecule has 25 heavy (non-hydrogen) atoms. The highest BCUT2D eigenvalue weighted by atomic mass is 127. The molecule has 0 aliphatic heterocycles. The van der Waals surface area contributed by atoms with E-state index in [0.717, 1.165) is 30.9 Å². The minimum atomic E-state index is -0.645. The highest BCUT2D eigenvalue weighted by molar-refractivity contribution is 14.0. The number of hydrogen-bond donors (Lipinski definition) is 3. The number of nitrogens with zero attached hydrogens (tertiary/aromatic N) is 5. The van der Waals surface area contributed by atoms with Crippen molar-refractivity contribution >= 4 is 29.9 Å². The maximum atomic E-state index is 10.2. The van der Waals surface area contributed by atoms with E-state index in [-0.39, 0.29) is 30.5 Å². The fourth-order valence-electron chi connectivity index (χ4n) is 2.24. The first-order valence-corrected chi connectivity index (χ1v) is 8.21. The molecule has 2 heterocycles. The molecule has 1 unspecified atom stereocenters. The summed E-state index contributed by atoms with van der Waals surface area (Å²) in [6.45, 7) is 6.55. The van der Waals surface area contributed by atoms with Crippen LogP contribution < -0.4 is 10.6 Å². The number of guanidine groups is 1. The van der Waals surface area contributed by atoms with Gasteiger partial charge in [0.2, 0.25) is 0 Å². The van der Waals surface area contributed by atoms with Gasteiger partial charge in [-0.25, -0.2) is 0 Å². The molecule has 0 bridgehead atoms. The Hall–Kier alpha value is -1.75. The van der Waals surface area contributed by atoms with E-state index in [0.29, 0.717) is 12.5 Å². The summed E-state index contributed by atoms with van der Waals surface area (Å²) in [6.07, 6.45) is 5.27. The van der Waals surface area contributed by atoms with Crippen LogP contribution in [0.25, 0.3) is 0 Å². The van der Waals surface area contributed by atoms with Crippen LogP contribution in [-0.2, 0) is 13.0 Å². The third-order valence-corrected chi connectivity index (χ3v) is 3.51. The number of aliphatic hydroxyl groups excluding tert-OH is 1. The van der Waals surface area contributed by atoms with Gasteiger partial charge in [-0.3, -0.25) is 9.98 Å². The second-order valence-corrected chi connectivity index (χ2v) is 5.24. The van der Waals surface area contributed by atoms with Crippen molar-refractivity contribution in [3.63, 3.8) is 0 Å². The number of hydrogen-bond acceptors (Lipinski definition) is 5. The summed E-state index contributed by atoms with van der Waals surface area (Å²) in [7, 11) is 0. The maximum absolute atomic E-state index is 10.2. The lowest BCUT2D eigenvalue weighted by molar-refractivity contribution is 0.187. The lowest BCUT2D eigenvalue weighted by Gasteiger charge is -2.14. The molecule has 0 aromatic carbocycles. The summed E-state index contributed by atoms with van der Waals surface area (Å²) in [5.41, 5.74) is 0.807. The number of nitrogens with one attached hydrogen (secondary N) is 2. The summed E-state index contributed by atoms with van der Waals surface area (Å²) in [5, 5.41) is 24.6. The van der Waals surface area contributed by atoms with E-state index in [9.17, 15) is 5.11 Å². The number of aromatic nitrogens is 4. The predicted molar refractivity (Wildman–Crippen MR) is 108 cm³/mol. The van der Waals surface area contributed by atoms with Gasteiger partial charge in [-0.05, 0) is 24.6 Å². The second-order valence-electron chi connectivity index (χ2n) is 5.24. The van der Waals surface area contributed by atoms with Crippen LogP contribution in [-0.4, -0.2) is 50.4 Å². The van der Waals surface area contributed by atoms with Gasteiger partial charge < -0.3 is 20.3 Å². The van der Waals surface area contributed by atoms with Gasteiger partial charge in [0.15, 0.2) is 5.96 Å². The number of aliphatic hydroxyl groups is 1. The van der Waals surface area contributed by atoms with Gasteiger partial charge in [0.1, 0.15) is 12.2 Å². The Balaban J connectivity index is 0.00000312. The van der Waals surface area contributed by atoms with Gasteiger partial charge >= 0.3 is 0 Å². The van der Waals surface area contributed by atoms with Gasteiger partial charge in [-0.15, -0.1) is 34.2 Å². The normalized spacial score (nSPS) is 12.4. The predicted octanol–water partition coefficient (Wildman–Crippen LogP) is 1.14. The smallest absolute Gasteiger partial charge is 0.191 e. The third kappa shape index (κ3) is 6.94. The monoisotopic (exact) mass is 459 g/mol. The van der Waals surface area contributed by atoms with Crippen molar-refractivity contribution < 1.29 is 5.11 Å². The number of aryl methyl sites for hydroxylation is 1. The van der Waals surface area contributed by atoms with E-state index in [1.807, 2.05) is 11.5 Å². The van der Waals surface area contributed by atoms with Crippen molar-refractivity contribution in [3.8, 4) is 0 Å². The van der Waals surface area contributed by atoms with Crippen molar-refractivity contribution in [2.45, 2.75) is 32.9 Å². The average Bonchev–Trinajstić information content (AvgIpc) is 3.07. The van der Waals surface area contributed by atoms with Gasteiger partial charge in [-0.2, -0.15) is 0 Å². The zero-order chi connectivity index (χ0) is 17.2. The van der Waals surface area contributed by atoms with Gasteiger partial charge in [0, 0.05) is 38.4 Å². The molecule has 0 saturated carbocycles. The van der Waals surface area contributed by atoms with Crippen molar-refractivity contribution in [1.29, 1.82) is 0 Å². The van der Waals surface area contributed by atoms with Crippen LogP contribution in [0.4, 0.5) is 0 Å². The van der Waals surface area contributed by atoms with Crippen LogP contribution in [0.15, 0.2) is 35.8 Å². The molecule has 1 atom stereocenters. The lowest BCUT2D eigenvalue weighted by atomic mass is 10.1. The lowest BCUT2D eigenvalue weighted by Crippen LogP contribution is -2.39. The summed E-state index contributed by atoms with van der Waals surface area (Å²) in [4.78, 5) is 8.38. The molecule has 138 valence electrons. The van der Waals surface area contributed by atoms with Crippen LogP contribution in [0, 0.1) is 0 Å². The molecule has 2 aromatic rings. The largest absolute Gasteiger partial charge is 0.386 e. The molecule has 0 spiro atoms. The summed E-state index contributed by atoms with van der Waals surface area (Å²) in [5.74, 6) is 1.64. The highest BCUT2D eigenvalue weighted by Crippen LogP contribution is 2.10. The number of halogens is 1. The van der Waals surface area contributed by atoms with E-state index in [1.165, 1.54) is 0 Å². The maximum Gasteiger partial charge on any atom is 0.191 e. The zero-order valence-corrected chi connectivity index (χ0v) is 16.9. The zero-order valence-electron chi connectivity index (χ0n) is 14.6. The van der Waals surface area contributed by atoms with Crippen LogP contribution in [0.3, 0.4) is 0 Å². The Morgan fingerprint density at radius 2 is 2.04 bits per heavy atom. The molecular weight excluding hydrogens is 433 g/mol. The highest BCUT2D eigenvalue weighted by Gasteiger charge is 2.07. The second kappa shape index (κ2) is 11.7. The minimum absolute atomic E-state index is 0. The van der Waals surface area contributed by atoms with Crippen molar-refractivity contribution in [2.24, 2.45) is 4.99 Å². The van der Waals surface area contributed by atoms with Gasteiger partial charge in [0.05, 0.1) is 12.6 Å². The number of pyridine rings is 1. The number of rotatable bonds is 8. The van der Waals surface area contributed by atoms with Gasteiger partial charge in [-0.1, -0.05) is 6.92 Å². The van der Waals surface area contributed by atoms with Crippen LogP contribution in [0.2, 0.25) is 0 Å². The molecule has 3 N–H and O–H groups in total. The van der Waals surface area contributed by atoms with E-state index in [1.54, 1.807) is 30.9 Å². The Morgan fingerprint density at radius 3 is 2.72 bits per heavy atom.